The van der Waals surface area contributed by atoms with E-state index in [1.807, 2.05) is 6.92 Å². The van der Waals surface area contributed by atoms with Gasteiger partial charge in [0.25, 0.3) is 5.91 Å². The SMILES string of the molecule is CCNC(=O)c1ccc(OC)c(OCCO)c1. The van der Waals surface area contributed by atoms with E-state index in [1.165, 1.54) is 7.11 Å². The molecule has 0 aliphatic heterocycles. The van der Waals surface area contributed by atoms with Crippen molar-refractivity contribution in [1.29, 1.82) is 0 Å². The van der Waals surface area contributed by atoms with Crippen LogP contribution in [-0.4, -0.2) is 37.9 Å². The van der Waals surface area contributed by atoms with Crippen molar-refractivity contribution in [1.82, 2.24) is 5.32 Å². The Labute approximate surface area is 100 Å². The van der Waals surface area contributed by atoms with Crippen molar-refractivity contribution in [3.63, 3.8) is 0 Å². The predicted octanol–water partition coefficient (Wildman–Crippen LogP) is 0.816. The molecule has 0 atom stereocenters. The Morgan fingerprint density at radius 2 is 2.18 bits per heavy atom. The molecule has 1 rings (SSSR count). The molecule has 1 amide bonds. The Bertz CT molecular complexity index is 379. The van der Waals surface area contributed by atoms with Gasteiger partial charge in [-0.25, -0.2) is 0 Å². The first-order chi connectivity index (χ1) is 8.22. The van der Waals surface area contributed by atoms with Crippen LogP contribution in [0.4, 0.5) is 0 Å². The van der Waals surface area contributed by atoms with E-state index in [-0.39, 0.29) is 19.1 Å². The molecule has 0 saturated heterocycles. The van der Waals surface area contributed by atoms with Gasteiger partial charge >= 0.3 is 0 Å². The molecule has 17 heavy (non-hydrogen) atoms. The molecule has 0 bridgehead atoms. The molecule has 0 aliphatic carbocycles. The monoisotopic (exact) mass is 239 g/mol. The van der Waals surface area contributed by atoms with Crippen molar-refractivity contribution in [3.8, 4) is 11.5 Å². The zero-order valence-electron chi connectivity index (χ0n) is 10.0. The third-order valence-electron chi connectivity index (χ3n) is 2.11. The highest BCUT2D eigenvalue weighted by Gasteiger charge is 2.10. The fraction of sp³-hybridized carbons (Fsp3) is 0.417. The molecule has 5 nitrogen and oxygen atoms in total. The Balaban J connectivity index is 2.91. The number of nitrogens with one attached hydrogen (secondary N) is 1. The minimum atomic E-state index is -0.163. The number of amides is 1. The predicted molar refractivity (Wildman–Crippen MR) is 63.6 cm³/mol. The van der Waals surface area contributed by atoms with Crippen molar-refractivity contribution in [2.45, 2.75) is 6.92 Å². The summed E-state index contributed by atoms with van der Waals surface area (Å²) in [6.07, 6.45) is 0. The molecule has 1 aromatic carbocycles. The maximum atomic E-state index is 11.6. The number of benzene rings is 1. The van der Waals surface area contributed by atoms with E-state index < -0.39 is 0 Å². The van der Waals surface area contributed by atoms with E-state index in [9.17, 15) is 4.79 Å². The van der Waals surface area contributed by atoms with Gasteiger partial charge in [0, 0.05) is 12.1 Å². The zero-order chi connectivity index (χ0) is 12.7. The van der Waals surface area contributed by atoms with Crippen LogP contribution in [0, 0.1) is 0 Å². The first-order valence-corrected chi connectivity index (χ1v) is 5.42. The lowest BCUT2D eigenvalue weighted by atomic mass is 10.2. The van der Waals surface area contributed by atoms with Crippen LogP contribution in [0.5, 0.6) is 11.5 Å². The fourth-order valence-electron chi connectivity index (χ4n) is 1.35. The average molecular weight is 239 g/mol. The Morgan fingerprint density at radius 3 is 2.76 bits per heavy atom. The van der Waals surface area contributed by atoms with Crippen LogP contribution in [0.15, 0.2) is 18.2 Å². The minimum Gasteiger partial charge on any atom is -0.493 e. The maximum Gasteiger partial charge on any atom is 0.251 e. The van der Waals surface area contributed by atoms with E-state index in [4.69, 9.17) is 14.6 Å². The second kappa shape index (κ2) is 6.75. The third kappa shape index (κ3) is 3.64. The van der Waals surface area contributed by atoms with Gasteiger partial charge in [0.15, 0.2) is 11.5 Å². The fourth-order valence-corrected chi connectivity index (χ4v) is 1.35. The van der Waals surface area contributed by atoms with Gasteiger partial charge in [-0.15, -0.1) is 0 Å². The minimum absolute atomic E-state index is 0.0888. The molecule has 5 heteroatoms. The second-order valence-electron chi connectivity index (χ2n) is 3.30. The second-order valence-corrected chi connectivity index (χ2v) is 3.30. The summed E-state index contributed by atoms with van der Waals surface area (Å²) < 4.78 is 10.4. The van der Waals surface area contributed by atoms with Gasteiger partial charge in [0.2, 0.25) is 0 Å². The maximum absolute atomic E-state index is 11.6. The highest BCUT2D eigenvalue weighted by Crippen LogP contribution is 2.27. The molecule has 0 heterocycles. The van der Waals surface area contributed by atoms with Gasteiger partial charge in [-0.3, -0.25) is 4.79 Å². The molecule has 94 valence electrons. The topological polar surface area (TPSA) is 67.8 Å². The van der Waals surface area contributed by atoms with Crippen LogP contribution in [0.1, 0.15) is 17.3 Å². The van der Waals surface area contributed by atoms with Crippen molar-refractivity contribution >= 4 is 5.91 Å². The first-order valence-electron chi connectivity index (χ1n) is 5.42. The summed E-state index contributed by atoms with van der Waals surface area (Å²) in [6.45, 7) is 2.49. The molecule has 0 fully saturated rings. The standard InChI is InChI=1S/C12H17NO4/c1-3-13-12(15)9-4-5-10(16-2)11(8-9)17-7-6-14/h4-5,8,14H,3,6-7H2,1-2H3,(H,13,15). The molecule has 1 aromatic rings. The van der Waals surface area contributed by atoms with Crippen molar-refractivity contribution in [3.05, 3.63) is 23.8 Å². The summed E-state index contributed by atoms with van der Waals surface area (Å²) in [5.74, 6) is 0.820. The molecule has 0 saturated carbocycles. The van der Waals surface area contributed by atoms with Crippen LogP contribution >= 0.6 is 0 Å². The number of hydrogen-bond acceptors (Lipinski definition) is 4. The quantitative estimate of drug-likeness (QED) is 0.771. The van der Waals surface area contributed by atoms with Gasteiger partial charge in [-0.1, -0.05) is 0 Å². The number of carbonyl (C=O) groups excluding carboxylic acids is 1. The summed E-state index contributed by atoms with van der Waals surface area (Å²) in [5, 5.41) is 11.4. The average Bonchev–Trinajstić information content (AvgIpc) is 2.36. The van der Waals surface area contributed by atoms with Gasteiger partial charge in [-0.2, -0.15) is 0 Å². The van der Waals surface area contributed by atoms with Crippen molar-refractivity contribution in [2.75, 3.05) is 26.9 Å². The van der Waals surface area contributed by atoms with Crippen LogP contribution in [0.2, 0.25) is 0 Å². The lowest BCUT2D eigenvalue weighted by Crippen LogP contribution is -2.22. The smallest absolute Gasteiger partial charge is 0.251 e. The highest BCUT2D eigenvalue weighted by molar-refractivity contribution is 5.94. The lowest BCUT2D eigenvalue weighted by molar-refractivity contribution is 0.0955. The number of carbonyl (C=O) groups is 1. The molecule has 0 aliphatic rings. The number of hydrogen-bond donors (Lipinski definition) is 2. The van der Waals surface area contributed by atoms with E-state index in [1.54, 1.807) is 18.2 Å². The van der Waals surface area contributed by atoms with Gasteiger partial charge < -0.3 is 19.9 Å². The Hall–Kier alpha value is -1.75. The largest absolute Gasteiger partial charge is 0.493 e. The summed E-state index contributed by atoms with van der Waals surface area (Å²) in [4.78, 5) is 11.6. The molecule has 0 unspecified atom stereocenters. The van der Waals surface area contributed by atoms with Crippen LogP contribution in [-0.2, 0) is 0 Å². The summed E-state index contributed by atoms with van der Waals surface area (Å²) >= 11 is 0. The zero-order valence-corrected chi connectivity index (χ0v) is 10.0. The summed E-state index contributed by atoms with van der Waals surface area (Å²) in [6, 6.07) is 4.92. The van der Waals surface area contributed by atoms with Gasteiger partial charge in [0.1, 0.15) is 6.61 Å². The Kier molecular flexibility index (Phi) is 5.29. The first kappa shape index (κ1) is 13.3. The molecular weight excluding hydrogens is 222 g/mol. The number of ether oxygens (including phenoxy) is 2. The third-order valence-corrected chi connectivity index (χ3v) is 2.11. The van der Waals surface area contributed by atoms with Crippen molar-refractivity contribution < 1.29 is 19.4 Å². The number of methoxy groups -OCH3 is 1. The highest BCUT2D eigenvalue weighted by atomic mass is 16.5. The number of rotatable bonds is 6. The number of aliphatic hydroxyl groups excluding tert-OH is 1. The van der Waals surface area contributed by atoms with Crippen LogP contribution in [0.25, 0.3) is 0 Å². The van der Waals surface area contributed by atoms with Crippen LogP contribution < -0.4 is 14.8 Å². The summed E-state index contributed by atoms with van der Waals surface area (Å²) in [5.41, 5.74) is 0.501. The lowest BCUT2D eigenvalue weighted by Gasteiger charge is -2.11. The molecule has 2 N–H and O–H groups in total. The molecule has 0 radical (unpaired) electrons. The van der Waals surface area contributed by atoms with E-state index in [0.717, 1.165) is 0 Å². The van der Waals surface area contributed by atoms with Crippen molar-refractivity contribution in [2.24, 2.45) is 0 Å². The number of aliphatic hydroxyl groups is 1. The summed E-state index contributed by atoms with van der Waals surface area (Å²) in [7, 11) is 1.52. The molecular formula is C12H17NO4. The van der Waals surface area contributed by atoms with Gasteiger partial charge in [-0.05, 0) is 25.1 Å². The van der Waals surface area contributed by atoms with Gasteiger partial charge in [0.05, 0.1) is 13.7 Å². The normalized spacial score (nSPS) is 9.82. The molecule has 0 spiro atoms. The molecule has 0 aromatic heterocycles. The van der Waals surface area contributed by atoms with E-state index in [0.29, 0.717) is 23.6 Å². The van der Waals surface area contributed by atoms with E-state index >= 15 is 0 Å². The van der Waals surface area contributed by atoms with E-state index in [2.05, 4.69) is 5.32 Å². The Morgan fingerprint density at radius 1 is 1.41 bits per heavy atom. The van der Waals surface area contributed by atoms with Crippen LogP contribution in [0.3, 0.4) is 0 Å².